The van der Waals surface area contributed by atoms with Gasteiger partial charge >= 0.3 is 0 Å². The van der Waals surface area contributed by atoms with Crippen LogP contribution in [0.5, 0.6) is 0 Å². The number of carbonyl (C=O) groups is 1. The van der Waals surface area contributed by atoms with E-state index in [1.165, 1.54) is 43.9 Å². The molecule has 2 saturated heterocycles. The van der Waals surface area contributed by atoms with E-state index in [0.717, 1.165) is 37.1 Å². The molecule has 2 aromatic rings. The molecule has 2 unspecified atom stereocenters. The molecule has 3 fully saturated rings. The van der Waals surface area contributed by atoms with Gasteiger partial charge in [-0.05, 0) is 73.6 Å². The van der Waals surface area contributed by atoms with Crippen LogP contribution in [0.2, 0.25) is 5.15 Å². The Balaban J connectivity index is 1.32. The Morgan fingerprint density at radius 1 is 1.07 bits per heavy atom. The standard InChI is InChI=1S/C31H41ClN4O3S/c1-40(38,39)35-26-14-16-31(24-12-13-28(32)34-29(24)26)20-33-19-25(31)30(37)36-17-15-23(21-8-4-2-5-9-21)18-27(36)22-10-6-3-7-11-22/h2,4-5,8-9,12-13,22-23,25-27,33,35H,3,6-7,10-11,14-20H2,1H3/p+1/t23-,25?,26?,27+,31+/m1/s1. The van der Waals surface area contributed by atoms with Crippen LogP contribution in [0.25, 0.3) is 0 Å². The number of hydrogen-bond acceptors (Lipinski definition) is 4. The molecule has 4 aliphatic rings. The third-order valence-corrected chi connectivity index (χ3v) is 11.1. The maximum absolute atomic E-state index is 14.7. The average Bonchev–Trinajstić information content (AvgIpc) is 3.38. The van der Waals surface area contributed by atoms with Gasteiger partial charge in [0, 0.05) is 42.7 Å². The minimum absolute atomic E-state index is 0.195. The van der Waals surface area contributed by atoms with Crippen molar-refractivity contribution in [1.29, 1.82) is 0 Å². The van der Waals surface area contributed by atoms with Crippen LogP contribution in [0.3, 0.4) is 0 Å². The first-order valence-electron chi connectivity index (χ1n) is 15.0. The number of aromatic nitrogens is 1. The second kappa shape index (κ2) is 11.3. The smallest absolute Gasteiger partial charge is 0.273 e. The van der Waals surface area contributed by atoms with Gasteiger partial charge in [-0.1, -0.05) is 49.6 Å². The van der Waals surface area contributed by atoms with Crippen molar-refractivity contribution in [3.8, 4) is 0 Å². The number of nitrogens with one attached hydrogen (secondary N) is 3. The zero-order valence-electron chi connectivity index (χ0n) is 23.4. The zero-order chi connectivity index (χ0) is 27.9. The molecule has 1 spiro atoms. The van der Waals surface area contributed by atoms with Gasteiger partial charge in [-0.2, -0.15) is 4.98 Å². The van der Waals surface area contributed by atoms with E-state index in [9.17, 15) is 13.2 Å². The molecule has 1 amide bonds. The molecule has 5 atom stereocenters. The highest BCUT2D eigenvalue weighted by molar-refractivity contribution is 7.88. The predicted octanol–water partition coefficient (Wildman–Crippen LogP) is 4.35. The molecular weight excluding hydrogens is 544 g/mol. The van der Waals surface area contributed by atoms with Gasteiger partial charge in [-0.25, -0.2) is 13.1 Å². The molecule has 3 heterocycles. The first-order chi connectivity index (χ1) is 19.2. The summed E-state index contributed by atoms with van der Waals surface area (Å²) in [5.74, 6) is 1.12. The predicted molar refractivity (Wildman–Crippen MR) is 156 cm³/mol. The van der Waals surface area contributed by atoms with E-state index in [2.05, 4.69) is 50.3 Å². The molecule has 3 N–H and O–H groups in total. The summed E-state index contributed by atoms with van der Waals surface area (Å²) in [4.78, 5) is 20.2. The fraction of sp³-hybridized carbons (Fsp3) is 0.613. The fourth-order valence-corrected chi connectivity index (χ4v) is 9.26. The molecule has 1 aromatic carbocycles. The molecule has 1 saturated carbocycles. The monoisotopic (exact) mass is 585 g/mol. The number of nitrogens with zero attached hydrogens (tertiary/aromatic N) is 1. The topological polar surface area (TPSA) is 92.7 Å². The molecule has 2 aliphatic heterocycles. The second-order valence-electron chi connectivity index (χ2n) is 12.6. The molecule has 1 aromatic heterocycles. The van der Waals surface area contributed by atoms with Gasteiger partial charge in [0.1, 0.15) is 6.04 Å². The summed E-state index contributed by atoms with van der Waals surface area (Å²) in [5.41, 5.74) is 2.81. The molecule has 40 heavy (non-hydrogen) atoms. The van der Waals surface area contributed by atoms with Crippen molar-refractivity contribution in [2.45, 2.75) is 81.2 Å². The number of pyridine rings is 1. The lowest BCUT2D eigenvalue weighted by Gasteiger charge is -2.48. The maximum atomic E-state index is 14.7. The van der Waals surface area contributed by atoms with Gasteiger partial charge in [0.15, 0.2) is 0 Å². The fourth-order valence-electron chi connectivity index (χ4n) is 8.34. The summed E-state index contributed by atoms with van der Waals surface area (Å²) < 4.78 is 27.1. The summed E-state index contributed by atoms with van der Waals surface area (Å²) >= 11 is 6.37. The van der Waals surface area contributed by atoms with Gasteiger partial charge < -0.3 is 10.2 Å². The summed E-state index contributed by atoms with van der Waals surface area (Å²) in [6, 6.07) is 14.6. The SMILES string of the molecule is CS(=O)(=O)NC1CC[C@]2(CNCC2C(=O)N2CC[C@@H](c3ccccc3)C[C@H]2C2CCCCC2)c2ccc(Cl)[nH+]c21. The van der Waals surface area contributed by atoms with E-state index >= 15 is 0 Å². The molecule has 0 bridgehead atoms. The normalized spacial score (nSPS) is 31.3. The van der Waals surface area contributed by atoms with Crippen LogP contribution < -0.4 is 15.0 Å². The minimum Gasteiger partial charge on any atom is -0.339 e. The van der Waals surface area contributed by atoms with E-state index < -0.39 is 15.4 Å². The van der Waals surface area contributed by atoms with Gasteiger partial charge in [0.05, 0.1) is 12.2 Å². The van der Waals surface area contributed by atoms with Crippen molar-refractivity contribution in [2.24, 2.45) is 11.8 Å². The number of sulfonamides is 1. The average molecular weight is 586 g/mol. The van der Waals surface area contributed by atoms with E-state index in [4.69, 9.17) is 11.6 Å². The van der Waals surface area contributed by atoms with Crippen LogP contribution in [0.15, 0.2) is 42.5 Å². The Kier molecular flexibility index (Phi) is 7.98. The van der Waals surface area contributed by atoms with E-state index in [1.807, 2.05) is 12.1 Å². The van der Waals surface area contributed by atoms with Crippen LogP contribution in [0.1, 0.15) is 86.6 Å². The van der Waals surface area contributed by atoms with Crippen molar-refractivity contribution >= 4 is 27.5 Å². The van der Waals surface area contributed by atoms with Crippen LogP contribution in [-0.4, -0.2) is 51.2 Å². The Bertz CT molecular complexity index is 1330. The molecular formula is C31H42ClN4O3S+. The van der Waals surface area contributed by atoms with E-state index in [1.54, 1.807) is 0 Å². The van der Waals surface area contributed by atoms with Gasteiger partial charge in [-0.15, -0.1) is 0 Å². The van der Waals surface area contributed by atoms with Crippen molar-refractivity contribution in [2.75, 3.05) is 25.9 Å². The lowest BCUT2D eigenvalue weighted by Crippen LogP contribution is -2.56. The largest absolute Gasteiger partial charge is 0.339 e. The van der Waals surface area contributed by atoms with Crippen molar-refractivity contribution < 1.29 is 18.2 Å². The number of carbonyl (C=O) groups excluding carboxylic acids is 1. The first-order valence-corrected chi connectivity index (χ1v) is 17.3. The number of aromatic amines is 1. The van der Waals surface area contributed by atoms with E-state index in [0.29, 0.717) is 36.5 Å². The summed E-state index contributed by atoms with van der Waals surface area (Å²) in [5, 5.41) is 4.03. The maximum Gasteiger partial charge on any atom is 0.273 e. The van der Waals surface area contributed by atoms with E-state index in [-0.39, 0.29) is 23.9 Å². The number of H-pyrrole nitrogens is 1. The van der Waals surface area contributed by atoms with Crippen LogP contribution >= 0.6 is 11.6 Å². The highest BCUT2D eigenvalue weighted by Crippen LogP contribution is 2.49. The Morgan fingerprint density at radius 2 is 1.85 bits per heavy atom. The Labute approximate surface area is 243 Å². The third kappa shape index (κ3) is 5.44. The third-order valence-electron chi connectivity index (χ3n) is 10.2. The zero-order valence-corrected chi connectivity index (χ0v) is 24.9. The van der Waals surface area contributed by atoms with Crippen molar-refractivity contribution in [1.82, 2.24) is 14.9 Å². The molecule has 2 aliphatic carbocycles. The second-order valence-corrected chi connectivity index (χ2v) is 14.8. The van der Waals surface area contributed by atoms with Crippen LogP contribution in [0, 0.1) is 11.8 Å². The quantitative estimate of drug-likeness (QED) is 0.510. The number of hydrogen-bond donors (Lipinski definition) is 2. The Hall–Kier alpha value is -2.00. The van der Waals surface area contributed by atoms with Gasteiger partial charge in [0.25, 0.3) is 5.15 Å². The summed E-state index contributed by atoms with van der Waals surface area (Å²) in [7, 11) is -3.41. The molecule has 0 radical (unpaired) electrons. The lowest BCUT2D eigenvalue weighted by atomic mass is 9.64. The molecule has 7 nitrogen and oxygen atoms in total. The van der Waals surface area contributed by atoms with Crippen LogP contribution in [0.4, 0.5) is 0 Å². The molecule has 9 heteroatoms. The Morgan fingerprint density at radius 3 is 2.60 bits per heavy atom. The molecule has 6 rings (SSSR count). The van der Waals surface area contributed by atoms with Crippen molar-refractivity contribution in [3.63, 3.8) is 0 Å². The van der Waals surface area contributed by atoms with Gasteiger partial charge in [-0.3, -0.25) is 4.79 Å². The highest BCUT2D eigenvalue weighted by atomic mass is 35.5. The summed E-state index contributed by atoms with van der Waals surface area (Å²) in [6.45, 7) is 2.14. The van der Waals surface area contributed by atoms with Gasteiger partial charge in [0.2, 0.25) is 21.6 Å². The number of likely N-dealkylation sites (tertiary alicyclic amines) is 1. The number of piperidine rings is 1. The van der Waals surface area contributed by atoms with Crippen molar-refractivity contribution in [3.05, 3.63) is 64.4 Å². The highest BCUT2D eigenvalue weighted by Gasteiger charge is 2.55. The number of fused-ring (bicyclic) bond motifs is 2. The number of amides is 1. The number of halogens is 1. The lowest BCUT2D eigenvalue weighted by molar-refractivity contribution is -0.393. The minimum atomic E-state index is -3.41. The summed E-state index contributed by atoms with van der Waals surface area (Å²) in [6.07, 6.45) is 10.8. The number of rotatable bonds is 5. The van der Waals surface area contributed by atoms with Crippen LogP contribution in [-0.2, 0) is 20.2 Å². The number of benzene rings is 1. The first kappa shape index (κ1) is 28.1. The molecule has 216 valence electrons.